The van der Waals surface area contributed by atoms with Gasteiger partial charge in [-0.1, -0.05) is 33.6 Å². The van der Waals surface area contributed by atoms with Crippen LogP contribution in [-0.4, -0.2) is 9.78 Å². The maximum Gasteiger partial charge on any atom is 0.268 e. The van der Waals surface area contributed by atoms with E-state index in [2.05, 4.69) is 36.4 Å². The van der Waals surface area contributed by atoms with Crippen LogP contribution in [0.3, 0.4) is 0 Å². The summed E-state index contributed by atoms with van der Waals surface area (Å²) in [5, 5.41) is 4.85. The molecule has 0 radical (unpaired) electrons. The minimum atomic E-state index is -0.487. The Balaban J connectivity index is 2.51. The standard InChI is InChI=1S/C16H25N3/c1-15(2,3)13-11-14(16(4,5)17-6)19(18-13)12-9-7-8-10-12/h11-12H,7-10H2,1-5H3. The van der Waals surface area contributed by atoms with Gasteiger partial charge in [0, 0.05) is 19.3 Å². The number of hydrogen-bond donors (Lipinski definition) is 0. The maximum absolute atomic E-state index is 7.46. The second-order valence-electron chi connectivity index (χ2n) is 7.22. The van der Waals surface area contributed by atoms with Gasteiger partial charge in [-0.25, -0.2) is 6.57 Å². The van der Waals surface area contributed by atoms with Crippen LogP contribution in [0.25, 0.3) is 4.85 Å². The van der Waals surface area contributed by atoms with Crippen molar-refractivity contribution in [2.24, 2.45) is 0 Å². The maximum atomic E-state index is 7.46. The van der Waals surface area contributed by atoms with Crippen LogP contribution in [-0.2, 0) is 11.0 Å². The first-order chi connectivity index (χ1) is 8.75. The average molecular weight is 259 g/mol. The smallest absolute Gasteiger partial charge is 0.268 e. The Labute approximate surface area is 116 Å². The summed E-state index contributed by atoms with van der Waals surface area (Å²) in [7, 11) is 0. The van der Waals surface area contributed by atoms with E-state index in [1.54, 1.807) is 0 Å². The lowest BCUT2D eigenvalue weighted by atomic mass is 9.90. The Hall–Kier alpha value is -1.30. The number of rotatable bonds is 2. The summed E-state index contributed by atoms with van der Waals surface area (Å²) in [5.41, 5.74) is 1.74. The van der Waals surface area contributed by atoms with E-state index in [0.29, 0.717) is 6.04 Å². The zero-order valence-electron chi connectivity index (χ0n) is 12.8. The van der Waals surface area contributed by atoms with E-state index < -0.39 is 5.54 Å². The molecule has 1 heterocycles. The van der Waals surface area contributed by atoms with Gasteiger partial charge in [0.25, 0.3) is 5.54 Å². The molecule has 2 rings (SSSR count). The van der Waals surface area contributed by atoms with Crippen molar-refractivity contribution in [3.05, 3.63) is 28.9 Å². The molecule has 3 heteroatoms. The molecule has 1 saturated carbocycles. The van der Waals surface area contributed by atoms with Crippen molar-refractivity contribution in [3.63, 3.8) is 0 Å². The molecular formula is C16H25N3. The number of aromatic nitrogens is 2. The van der Waals surface area contributed by atoms with Crippen LogP contribution in [0.1, 0.15) is 77.7 Å². The van der Waals surface area contributed by atoms with Crippen LogP contribution < -0.4 is 0 Å². The van der Waals surface area contributed by atoms with Gasteiger partial charge in [-0.3, -0.25) is 4.68 Å². The lowest BCUT2D eigenvalue weighted by Gasteiger charge is -2.18. The molecular weight excluding hydrogens is 234 g/mol. The van der Waals surface area contributed by atoms with Gasteiger partial charge in [-0.15, -0.1) is 0 Å². The predicted octanol–water partition coefficient (Wildman–Crippen LogP) is 4.45. The molecule has 0 spiro atoms. The fourth-order valence-electron chi connectivity index (χ4n) is 2.70. The Morgan fingerprint density at radius 3 is 2.26 bits per heavy atom. The SMILES string of the molecule is [C-]#[N+]C(C)(C)c1cc(C(C)(C)C)nn1C1CCCC1. The zero-order valence-corrected chi connectivity index (χ0v) is 12.8. The van der Waals surface area contributed by atoms with Gasteiger partial charge in [0.05, 0.1) is 11.7 Å². The molecule has 1 aliphatic rings. The quantitative estimate of drug-likeness (QED) is 0.719. The third-order valence-corrected chi connectivity index (χ3v) is 4.08. The Morgan fingerprint density at radius 2 is 1.79 bits per heavy atom. The monoisotopic (exact) mass is 259 g/mol. The molecule has 0 saturated heterocycles. The molecule has 0 aromatic carbocycles. The molecule has 0 amide bonds. The van der Waals surface area contributed by atoms with Gasteiger partial charge in [0.1, 0.15) is 5.69 Å². The largest absolute Gasteiger partial charge is 0.304 e. The number of nitrogens with zero attached hydrogens (tertiary/aromatic N) is 3. The topological polar surface area (TPSA) is 22.2 Å². The molecule has 1 aliphatic carbocycles. The molecule has 1 fully saturated rings. The van der Waals surface area contributed by atoms with Crippen LogP contribution in [0.15, 0.2) is 6.07 Å². The average Bonchev–Trinajstić information content (AvgIpc) is 2.96. The van der Waals surface area contributed by atoms with E-state index in [1.807, 2.05) is 13.8 Å². The van der Waals surface area contributed by atoms with Crippen LogP contribution in [0.5, 0.6) is 0 Å². The molecule has 0 unspecified atom stereocenters. The highest BCUT2D eigenvalue weighted by Gasteiger charge is 2.36. The molecule has 0 bridgehead atoms. The van der Waals surface area contributed by atoms with Gasteiger partial charge >= 0.3 is 0 Å². The normalized spacial score (nSPS) is 17.7. The summed E-state index contributed by atoms with van der Waals surface area (Å²) >= 11 is 0. The second-order valence-corrected chi connectivity index (χ2v) is 7.22. The fourth-order valence-corrected chi connectivity index (χ4v) is 2.70. The summed E-state index contributed by atoms with van der Waals surface area (Å²) in [6.07, 6.45) is 4.97. The summed E-state index contributed by atoms with van der Waals surface area (Å²) in [4.78, 5) is 3.81. The lowest BCUT2D eigenvalue weighted by molar-refractivity contribution is 0.413. The van der Waals surface area contributed by atoms with Crippen molar-refractivity contribution in [3.8, 4) is 0 Å². The summed E-state index contributed by atoms with van der Waals surface area (Å²) < 4.78 is 2.16. The molecule has 1 aromatic heterocycles. The highest BCUT2D eigenvalue weighted by molar-refractivity contribution is 5.26. The van der Waals surface area contributed by atoms with Crippen molar-refractivity contribution in [1.29, 1.82) is 0 Å². The molecule has 19 heavy (non-hydrogen) atoms. The van der Waals surface area contributed by atoms with Gasteiger partial charge < -0.3 is 4.85 Å². The molecule has 3 nitrogen and oxygen atoms in total. The highest BCUT2D eigenvalue weighted by Crippen LogP contribution is 2.36. The van der Waals surface area contributed by atoms with Crippen LogP contribution >= 0.6 is 0 Å². The minimum Gasteiger partial charge on any atom is -0.304 e. The van der Waals surface area contributed by atoms with Crippen molar-refractivity contribution >= 4 is 0 Å². The predicted molar refractivity (Wildman–Crippen MR) is 78.1 cm³/mol. The molecule has 0 atom stereocenters. The van der Waals surface area contributed by atoms with Crippen molar-refractivity contribution < 1.29 is 0 Å². The van der Waals surface area contributed by atoms with Gasteiger partial charge in [0.2, 0.25) is 0 Å². The van der Waals surface area contributed by atoms with Crippen LogP contribution in [0.4, 0.5) is 0 Å². The second kappa shape index (κ2) is 4.67. The number of hydrogen-bond acceptors (Lipinski definition) is 1. The Bertz CT molecular complexity index is 491. The molecule has 0 aliphatic heterocycles. The van der Waals surface area contributed by atoms with Gasteiger partial charge in [-0.05, 0) is 18.9 Å². The zero-order chi connectivity index (χ0) is 14.3. The molecule has 1 aromatic rings. The fraction of sp³-hybridized carbons (Fsp3) is 0.750. The molecule has 104 valence electrons. The van der Waals surface area contributed by atoms with Crippen molar-refractivity contribution in [2.75, 3.05) is 0 Å². The lowest BCUT2D eigenvalue weighted by Crippen LogP contribution is -2.21. The highest BCUT2D eigenvalue weighted by atomic mass is 15.3. The first-order valence-corrected chi connectivity index (χ1v) is 7.25. The molecule has 0 N–H and O–H groups in total. The minimum absolute atomic E-state index is 0.0384. The summed E-state index contributed by atoms with van der Waals surface area (Å²) in [6, 6.07) is 2.64. The first-order valence-electron chi connectivity index (χ1n) is 7.25. The first kappa shape index (κ1) is 14.1. The van der Waals surface area contributed by atoms with E-state index in [0.717, 1.165) is 11.4 Å². The van der Waals surface area contributed by atoms with Crippen LogP contribution in [0, 0.1) is 6.57 Å². The Kier molecular flexibility index (Phi) is 3.47. The van der Waals surface area contributed by atoms with Gasteiger partial charge in [-0.2, -0.15) is 5.10 Å². The van der Waals surface area contributed by atoms with Crippen molar-refractivity contribution in [2.45, 2.75) is 77.3 Å². The van der Waals surface area contributed by atoms with E-state index in [9.17, 15) is 0 Å². The third-order valence-electron chi connectivity index (χ3n) is 4.08. The summed E-state index contributed by atoms with van der Waals surface area (Å²) in [6.45, 7) is 18.0. The van der Waals surface area contributed by atoms with E-state index >= 15 is 0 Å². The Morgan fingerprint density at radius 1 is 1.21 bits per heavy atom. The van der Waals surface area contributed by atoms with E-state index in [-0.39, 0.29) is 5.41 Å². The van der Waals surface area contributed by atoms with Crippen LogP contribution in [0.2, 0.25) is 0 Å². The third kappa shape index (κ3) is 2.68. The summed E-state index contributed by atoms with van der Waals surface area (Å²) in [5.74, 6) is 0. The van der Waals surface area contributed by atoms with E-state index in [1.165, 1.54) is 25.7 Å². The van der Waals surface area contributed by atoms with E-state index in [4.69, 9.17) is 11.7 Å². The van der Waals surface area contributed by atoms with Gasteiger partial charge in [0.15, 0.2) is 0 Å². The van der Waals surface area contributed by atoms with Crippen molar-refractivity contribution in [1.82, 2.24) is 9.78 Å².